The van der Waals surface area contributed by atoms with Crippen molar-refractivity contribution in [3.63, 3.8) is 0 Å². The molecule has 1 atom stereocenters. The van der Waals surface area contributed by atoms with E-state index in [-0.39, 0.29) is 5.92 Å². The Kier molecular flexibility index (Phi) is 7.75. The third-order valence-electron chi connectivity index (χ3n) is 3.54. The molecule has 0 saturated carbocycles. The molecule has 1 aromatic carbocycles. The number of halogens is 1. The molecule has 0 amide bonds. The number of nitrogens with zero attached hydrogens (tertiary/aromatic N) is 5. The van der Waals surface area contributed by atoms with Crippen molar-refractivity contribution in [2.24, 2.45) is 5.92 Å². The van der Waals surface area contributed by atoms with Crippen LogP contribution in [0.15, 0.2) is 29.4 Å². The van der Waals surface area contributed by atoms with Crippen molar-refractivity contribution in [3.8, 4) is 23.5 Å². The first-order valence-corrected chi connectivity index (χ1v) is 9.13. The lowest BCUT2D eigenvalue weighted by atomic mass is 10.1. The van der Waals surface area contributed by atoms with Crippen molar-refractivity contribution in [2.45, 2.75) is 24.5 Å². The summed E-state index contributed by atoms with van der Waals surface area (Å²) < 4.78 is 7.17. The largest absolute Gasteiger partial charge is 0.383 e. The minimum atomic E-state index is -0.184. The summed E-state index contributed by atoms with van der Waals surface area (Å²) in [5.41, 5.74) is 0.918. The topological polar surface area (TPSA) is 87.5 Å². The molecule has 0 spiro atoms. The molecular weight excluding hydrogens is 358 g/mol. The van der Waals surface area contributed by atoms with Crippen LogP contribution in [0, 0.1) is 28.6 Å². The Balaban J connectivity index is 2.19. The summed E-state index contributed by atoms with van der Waals surface area (Å²) in [6, 6.07) is 11.7. The summed E-state index contributed by atoms with van der Waals surface area (Å²) in [7, 11) is 1.65. The molecule has 0 aliphatic heterocycles. The van der Waals surface area contributed by atoms with Gasteiger partial charge in [-0.2, -0.15) is 10.5 Å². The maximum atomic E-state index is 9.20. The van der Waals surface area contributed by atoms with Gasteiger partial charge in [0, 0.05) is 29.9 Å². The zero-order valence-corrected chi connectivity index (χ0v) is 15.4. The molecule has 2 rings (SSSR count). The molecule has 0 bridgehead atoms. The predicted octanol–water partition coefficient (Wildman–Crippen LogP) is 3.78. The number of methoxy groups -OCH3 is 1. The Morgan fingerprint density at radius 3 is 2.68 bits per heavy atom. The Labute approximate surface area is 156 Å². The van der Waals surface area contributed by atoms with Crippen molar-refractivity contribution in [1.82, 2.24) is 14.8 Å². The van der Waals surface area contributed by atoms with Crippen LogP contribution in [0.1, 0.15) is 12.8 Å². The van der Waals surface area contributed by atoms with Crippen LogP contribution in [0.4, 0.5) is 0 Å². The highest BCUT2D eigenvalue weighted by Gasteiger charge is 2.16. The van der Waals surface area contributed by atoms with Gasteiger partial charge in [0.2, 0.25) is 0 Å². The lowest BCUT2D eigenvalue weighted by Crippen LogP contribution is -2.09. The van der Waals surface area contributed by atoms with Gasteiger partial charge in [-0.25, -0.2) is 0 Å². The zero-order valence-electron chi connectivity index (χ0n) is 13.9. The molecule has 2 aromatic rings. The maximum Gasteiger partial charge on any atom is 0.191 e. The SMILES string of the molecule is COCCn1c(SC[C@H](C#N)CCC#N)nnc1-c1ccc(Cl)cc1. The van der Waals surface area contributed by atoms with E-state index in [1.807, 2.05) is 28.8 Å². The van der Waals surface area contributed by atoms with E-state index in [0.29, 0.717) is 36.8 Å². The fourth-order valence-electron chi connectivity index (χ4n) is 2.19. The van der Waals surface area contributed by atoms with Crippen LogP contribution >= 0.6 is 23.4 Å². The van der Waals surface area contributed by atoms with Crippen LogP contribution in [-0.2, 0) is 11.3 Å². The van der Waals surface area contributed by atoms with E-state index in [0.717, 1.165) is 16.5 Å². The lowest BCUT2D eigenvalue weighted by Gasteiger charge is -2.11. The van der Waals surface area contributed by atoms with Crippen LogP contribution in [0.25, 0.3) is 11.4 Å². The molecule has 0 unspecified atom stereocenters. The third kappa shape index (κ3) is 5.47. The number of hydrogen-bond acceptors (Lipinski definition) is 6. The molecule has 0 aliphatic rings. The van der Waals surface area contributed by atoms with Gasteiger partial charge >= 0.3 is 0 Å². The number of rotatable bonds is 9. The fourth-order valence-corrected chi connectivity index (χ4v) is 3.34. The van der Waals surface area contributed by atoms with Gasteiger partial charge in [-0.15, -0.1) is 10.2 Å². The molecule has 0 N–H and O–H groups in total. The first-order chi connectivity index (χ1) is 12.2. The highest BCUT2D eigenvalue weighted by Crippen LogP contribution is 2.27. The van der Waals surface area contributed by atoms with Crippen LogP contribution in [0.3, 0.4) is 0 Å². The molecule has 1 heterocycles. The van der Waals surface area contributed by atoms with E-state index < -0.39 is 0 Å². The molecule has 0 fully saturated rings. The van der Waals surface area contributed by atoms with Crippen LogP contribution in [0.5, 0.6) is 0 Å². The summed E-state index contributed by atoms with van der Waals surface area (Å²) in [6.07, 6.45) is 0.946. The second-order valence-corrected chi connectivity index (χ2v) is 6.71. The molecular formula is C17H18ClN5OS. The van der Waals surface area contributed by atoms with Crippen LogP contribution < -0.4 is 0 Å². The van der Waals surface area contributed by atoms with Crippen molar-refractivity contribution in [2.75, 3.05) is 19.5 Å². The second kappa shape index (κ2) is 10.0. The molecule has 1 aromatic heterocycles. The molecule has 6 nitrogen and oxygen atoms in total. The number of benzene rings is 1. The minimum Gasteiger partial charge on any atom is -0.383 e. The summed E-state index contributed by atoms with van der Waals surface area (Å²) in [6.45, 7) is 1.14. The average molecular weight is 376 g/mol. The third-order valence-corrected chi connectivity index (χ3v) is 4.92. The number of hydrogen-bond donors (Lipinski definition) is 0. The first-order valence-electron chi connectivity index (χ1n) is 7.77. The maximum absolute atomic E-state index is 9.20. The summed E-state index contributed by atoms with van der Waals surface area (Å²) in [4.78, 5) is 0. The summed E-state index contributed by atoms with van der Waals surface area (Å²) in [5, 5.41) is 27.8. The smallest absolute Gasteiger partial charge is 0.191 e. The van der Waals surface area contributed by atoms with Gasteiger partial charge < -0.3 is 4.74 Å². The van der Waals surface area contributed by atoms with Crippen molar-refractivity contribution >= 4 is 23.4 Å². The first kappa shape index (κ1) is 19.3. The van der Waals surface area contributed by atoms with Gasteiger partial charge in [-0.05, 0) is 30.7 Å². The average Bonchev–Trinajstić information content (AvgIpc) is 3.03. The van der Waals surface area contributed by atoms with Gasteiger partial charge in [0.1, 0.15) is 0 Å². The summed E-state index contributed by atoms with van der Waals surface area (Å²) >= 11 is 7.42. The standard InChI is InChI=1S/C17H18ClN5OS/c1-24-10-9-23-16(14-4-6-15(18)7-5-14)21-22-17(23)25-12-13(11-20)3-2-8-19/h4-7,13H,2-3,9-10,12H2,1H3/t13-/m0/s1. The van der Waals surface area contributed by atoms with Crippen LogP contribution in [0.2, 0.25) is 5.02 Å². The van der Waals surface area contributed by atoms with Crippen molar-refractivity contribution < 1.29 is 4.74 Å². The van der Waals surface area contributed by atoms with E-state index >= 15 is 0 Å². The molecule has 130 valence electrons. The van der Waals surface area contributed by atoms with Gasteiger partial charge in [0.15, 0.2) is 11.0 Å². The Bertz CT molecular complexity index is 763. The van der Waals surface area contributed by atoms with Gasteiger partial charge in [-0.3, -0.25) is 4.57 Å². The van der Waals surface area contributed by atoms with Gasteiger partial charge in [0.25, 0.3) is 0 Å². The predicted molar refractivity (Wildman–Crippen MR) is 97.0 cm³/mol. The van der Waals surface area contributed by atoms with E-state index in [4.69, 9.17) is 21.6 Å². The lowest BCUT2D eigenvalue weighted by molar-refractivity contribution is 0.185. The zero-order chi connectivity index (χ0) is 18.1. The Hall–Kier alpha value is -2.06. The molecule has 8 heteroatoms. The highest BCUT2D eigenvalue weighted by atomic mass is 35.5. The number of aromatic nitrogens is 3. The van der Waals surface area contributed by atoms with Gasteiger partial charge in [0.05, 0.1) is 31.2 Å². The van der Waals surface area contributed by atoms with Crippen LogP contribution in [-0.4, -0.2) is 34.2 Å². The van der Waals surface area contributed by atoms with Crippen molar-refractivity contribution in [1.29, 1.82) is 10.5 Å². The molecule has 0 saturated heterocycles. The Morgan fingerprint density at radius 2 is 2.04 bits per heavy atom. The van der Waals surface area contributed by atoms with E-state index in [9.17, 15) is 5.26 Å². The quantitative estimate of drug-likeness (QED) is 0.620. The summed E-state index contributed by atoms with van der Waals surface area (Å²) in [5.74, 6) is 1.13. The van der Waals surface area contributed by atoms with Crippen molar-refractivity contribution in [3.05, 3.63) is 29.3 Å². The monoisotopic (exact) mass is 375 g/mol. The number of ether oxygens (including phenoxy) is 1. The van der Waals surface area contributed by atoms with Gasteiger partial charge in [-0.1, -0.05) is 23.4 Å². The minimum absolute atomic E-state index is 0.184. The van der Waals surface area contributed by atoms with E-state index in [2.05, 4.69) is 22.3 Å². The second-order valence-electron chi connectivity index (χ2n) is 5.29. The highest BCUT2D eigenvalue weighted by molar-refractivity contribution is 7.99. The molecule has 0 radical (unpaired) electrons. The fraction of sp³-hybridized carbons (Fsp3) is 0.412. The van der Waals surface area contributed by atoms with E-state index in [1.165, 1.54) is 11.8 Å². The van der Waals surface area contributed by atoms with E-state index in [1.54, 1.807) is 7.11 Å². The molecule has 0 aliphatic carbocycles. The molecule has 25 heavy (non-hydrogen) atoms. The number of nitriles is 2. The Morgan fingerprint density at radius 1 is 1.28 bits per heavy atom. The number of thioether (sulfide) groups is 1. The normalized spacial score (nSPS) is 11.7.